The number of sulfonamides is 1. The molecule has 43 heavy (non-hydrogen) atoms. The van der Waals surface area contributed by atoms with Crippen molar-refractivity contribution in [1.82, 2.24) is 14.5 Å². The zero-order valence-electron chi connectivity index (χ0n) is 25.8. The van der Waals surface area contributed by atoms with Gasteiger partial charge in [-0.3, -0.25) is 4.79 Å². The topological polar surface area (TPSA) is 132 Å². The van der Waals surface area contributed by atoms with Crippen LogP contribution >= 0.6 is 0 Å². The van der Waals surface area contributed by atoms with Crippen LogP contribution in [0, 0.1) is 5.92 Å². The van der Waals surface area contributed by atoms with Gasteiger partial charge in [0.15, 0.2) is 0 Å². The van der Waals surface area contributed by atoms with Crippen molar-refractivity contribution >= 4 is 28.1 Å². The summed E-state index contributed by atoms with van der Waals surface area (Å²) in [5.74, 6) is -0.168. The van der Waals surface area contributed by atoms with Crippen molar-refractivity contribution in [2.75, 3.05) is 26.7 Å². The quantitative estimate of drug-likeness (QED) is 0.485. The van der Waals surface area contributed by atoms with E-state index in [9.17, 15) is 22.8 Å². The van der Waals surface area contributed by atoms with E-state index >= 15 is 0 Å². The van der Waals surface area contributed by atoms with Crippen molar-refractivity contribution in [3.63, 3.8) is 0 Å². The number of nitrogens with one attached hydrogen (secondary N) is 1. The molecule has 3 amide bonds. The zero-order chi connectivity index (χ0) is 31.7. The SMILES string of the molecule is CNS(=O)(=O)c1ccc(C2CCN(C(=O)OC(C)(C)C)CC2COc2ccc3c(c2)C(=O)N(C(=O)OC(C)(C)C)C3)cc1. The number of hydrogen-bond donors (Lipinski definition) is 1. The molecule has 1 fully saturated rings. The number of hydrogen-bond acceptors (Lipinski definition) is 8. The van der Waals surface area contributed by atoms with Gasteiger partial charge in [0.05, 0.1) is 18.0 Å². The van der Waals surface area contributed by atoms with Crippen LogP contribution in [0.25, 0.3) is 0 Å². The zero-order valence-corrected chi connectivity index (χ0v) is 26.6. The Morgan fingerprint density at radius 2 is 1.58 bits per heavy atom. The van der Waals surface area contributed by atoms with Gasteiger partial charge in [-0.2, -0.15) is 0 Å². The van der Waals surface area contributed by atoms with E-state index in [1.807, 2.05) is 20.8 Å². The Balaban J connectivity index is 1.52. The number of amides is 3. The van der Waals surface area contributed by atoms with E-state index in [2.05, 4.69) is 4.72 Å². The van der Waals surface area contributed by atoms with E-state index in [1.54, 1.807) is 68.1 Å². The van der Waals surface area contributed by atoms with Crippen molar-refractivity contribution in [1.29, 1.82) is 0 Å². The monoisotopic (exact) mass is 615 g/mol. The van der Waals surface area contributed by atoms with E-state index in [0.717, 1.165) is 10.5 Å². The fourth-order valence-corrected chi connectivity index (χ4v) is 5.91. The lowest BCUT2D eigenvalue weighted by Crippen LogP contribution is -2.46. The van der Waals surface area contributed by atoms with Crippen molar-refractivity contribution in [2.45, 2.75) is 76.5 Å². The molecule has 12 heteroatoms. The third-order valence-electron chi connectivity index (χ3n) is 7.24. The maximum absolute atomic E-state index is 13.0. The summed E-state index contributed by atoms with van der Waals surface area (Å²) in [5, 5.41) is 0. The summed E-state index contributed by atoms with van der Waals surface area (Å²) in [4.78, 5) is 41.4. The van der Waals surface area contributed by atoms with E-state index in [4.69, 9.17) is 14.2 Å². The highest BCUT2D eigenvalue weighted by Gasteiger charge is 2.37. The summed E-state index contributed by atoms with van der Waals surface area (Å²) in [5.41, 5.74) is 0.640. The molecule has 234 valence electrons. The Kier molecular flexibility index (Phi) is 9.13. The number of nitrogens with zero attached hydrogens (tertiary/aromatic N) is 2. The first-order valence-electron chi connectivity index (χ1n) is 14.3. The number of carbonyl (C=O) groups is 3. The third-order valence-corrected chi connectivity index (χ3v) is 8.67. The number of likely N-dealkylation sites (tertiary alicyclic amines) is 1. The summed E-state index contributed by atoms with van der Waals surface area (Å²) >= 11 is 0. The first-order chi connectivity index (χ1) is 20.0. The van der Waals surface area contributed by atoms with Crippen molar-refractivity contribution in [2.24, 2.45) is 5.92 Å². The molecule has 2 aromatic rings. The van der Waals surface area contributed by atoms with Gasteiger partial charge in [-0.25, -0.2) is 27.6 Å². The second-order valence-corrected chi connectivity index (χ2v) is 14.7. The van der Waals surface area contributed by atoms with Crippen molar-refractivity contribution in [3.05, 3.63) is 59.2 Å². The van der Waals surface area contributed by atoms with Gasteiger partial charge in [0.2, 0.25) is 10.0 Å². The normalized spacial score (nSPS) is 19.2. The third kappa shape index (κ3) is 7.85. The van der Waals surface area contributed by atoms with Crippen LogP contribution in [0.1, 0.15) is 75.4 Å². The van der Waals surface area contributed by atoms with Crippen LogP contribution in [0.5, 0.6) is 5.75 Å². The Morgan fingerprint density at radius 1 is 0.953 bits per heavy atom. The molecular formula is C31H41N3O8S. The molecule has 0 aromatic heterocycles. The van der Waals surface area contributed by atoms with Crippen molar-refractivity contribution < 1.29 is 37.0 Å². The molecule has 1 N–H and O–H groups in total. The highest BCUT2D eigenvalue weighted by molar-refractivity contribution is 7.89. The molecule has 2 aliphatic rings. The molecule has 1 saturated heterocycles. The number of imide groups is 1. The Morgan fingerprint density at radius 3 is 2.19 bits per heavy atom. The smallest absolute Gasteiger partial charge is 0.417 e. The van der Waals surface area contributed by atoms with E-state index in [-0.39, 0.29) is 29.9 Å². The maximum Gasteiger partial charge on any atom is 0.417 e. The van der Waals surface area contributed by atoms with Crippen LogP contribution in [0.4, 0.5) is 9.59 Å². The van der Waals surface area contributed by atoms with Crippen LogP contribution in [-0.2, 0) is 26.0 Å². The number of piperidine rings is 1. The summed E-state index contributed by atoms with van der Waals surface area (Å²) < 4.78 is 44.0. The fourth-order valence-electron chi connectivity index (χ4n) is 5.18. The molecule has 0 bridgehead atoms. The van der Waals surface area contributed by atoms with Crippen LogP contribution in [0.15, 0.2) is 47.4 Å². The minimum absolute atomic E-state index is 0.0243. The first-order valence-corrected chi connectivity index (χ1v) is 15.8. The molecule has 0 spiro atoms. The maximum atomic E-state index is 13.0. The average molecular weight is 616 g/mol. The molecule has 4 rings (SSSR count). The van der Waals surface area contributed by atoms with Crippen LogP contribution < -0.4 is 9.46 Å². The van der Waals surface area contributed by atoms with E-state index in [1.165, 1.54) is 7.05 Å². The summed E-state index contributed by atoms with van der Waals surface area (Å²) in [6.07, 6.45) is -0.479. The molecule has 2 heterocycles. The number of carbonyl (C=O) groups excluding carboxylic acids is 3. The molecule has 11 nitrogen and oxygen atoms in total. The van der Waals surface area contributed by atoms with Crippen molar-refractivity contribution in [3.8, 4) is 5.75 Å². The predicted octanol–water partition coefficient (Wildman–Crippen LogP) is 4.91. The Labute approximate surface area is 253 Å². The van der Waals surface area contributed by atoms with Crippen LogP contribution in [-0.4, -0.2) is 74.3 Å². The van der Waals surface area contributed by atoms with E-state index < -0.39 is 39.3 Å². The van der Waals surface area contributed by atoms with Gasteiger partial charge in [0.25, 0.3) is 5.91 Å². The molecule has 0 saturated carbocycles. The van der Waals surface area contributed by atoms with Gasteiger partial charge in [-0.15, -0.1) is 0 Å². The lowest BCUT2D eigenvalue weighted by molar-refractivity contribution is 0.0110. The van der Waals surface area contributed by atoms with Gasteiger partial charge < -0.3 is 19.1 Å². The largest absolute Gasteiger partial charge is 0.493 e. The average Bonchev–Trinajstić information content (AvgIpc) is 3.26. The standard InChI is InChI=1S/C31H41N3O8S/c1-30(2,3)41-28(36)33-15-14-25(20-9-12-24(13-10-20)43(38,39)32-7)22(17-33)19-40-23-11-8-21-18-34(27(35)26(21)16-23)29(37)42-31(4,5)6/h8-13,16,22,25,32H,14-15,17-19H2,1-7H3. The predicted molar refractivity (Wildman–Crippen MR) is 159 cm³/mol. The second kappa shape index (κ2) is 12.2. The summed E-state index contributed by atoms with van der Waals surface area (Å²) in [7, 11) is -2.21. The first kappa shape index (κ1) is 32.3. The minimum atomic E-state index is -3.58. The molecule has 2 atom stereocenters. The van der Waals surface area contributed by atoms with Gasteiger partial charge in [-0.1, -0.05) is 18.2 Å². The lowest BCUT2D eigenvalue weighted by atomic mass is 9.81. The number of fused-ring (bicyclic) bond motifs is 1. The Bertz CT molecular complexity index is 1480. The molecule has 2 aliphatic heterocycles. The molecule has 0 radical (unpaired) electrons. The second-order valence-electron chi connectivity index (χ2n) is 12.9. The summed E-state index contributed by atoms with van der Waals surface area (Å²) in [6.45, 7) is 11.9. The van der Waals surface area contributed by atoms with Gasteiger partial charge >= 0.3 is 12.2 Å². The Hall–Kier alpha value is -3.64. The van der Waals surface area contributed by atoms with Crippen LogP contribution in [0.2, 0.25) is 0 Å². The highest BCUT2D eigenvalue weighted by Crippen LogP contribution is 2.35. The number of ether oxygens (including phenoxy) is 3. The lowest BCUT2D eigenvalue weighted by Gasteiger charge is -2.39. The molecule has 0 aliphatic carbocycles. The van der Waals surface area contributed by atoms with Gasteiger partial charge in [0.1, 0.15) is 17.0 Å². The van der Waals surface area contributed by atoms with Crippen LogP contribution in [0.3, 0.4) is 0 Å². The fraction of sp³-hybridized carbons (Fsp3) is 0.516. The van der Waals surface area contributed by atoms with Gasteiger partial charge in [-0.05, 0) is 96.3 Å². The summed E-state index contributed by atoms with van der Waals surface area (Å²) in [6, 6.07) is 11.9. The highest BCUT2D eigenvalue weighted by atomic mass is 32.2. The molecule has 2 aromatic carbocycles. The van der Waals surface area contributed by atoms with Gasteiger partial charge in [0, 0.05) is 24.6 Å². The molecule has 2 unspecified atom stereocenters. The minimum Gasteiger partial charge on any atom is -0.493 e. The van der Waals surface area contributed by atoms with E-state index in [0.29, 0.717) is 36.4 Å². The number of rotatable bonds is 6. The number of benzene rings is 2. The molecular weight excluding hydrogens is 574 g/mol.